The minimum absolute atomic E-state index is 0.0781. The Kier molecular flexibility index (Phi) is 5.88. The number of aryl methyl sites for hydroxylation is 1. The zero-order chi connectivity index (χ0) is 15.2. The van der Waals surface area contributed by atoms with Gasteiger partial charge in [0.2, 0.25) is 0 Å². The van der Waals surface area contributed by atoms with Crippen molar-refractivity contribution in [2.45, 2.75) is 32.7 Å². The lowest BCUT2D eigenvalue weighted by Gasteiger charge is -2.21. The SMILES string of the molecule is CCCNC(Cc1ccc(Br)cc1F)c1cnccc1C. The fourth-order valence-electron chi connectivity index (χ4n) is 2.36. The standard InChI is InChI=1S/C17H20BrFN2/c1-3-7-21-17(15-11-20-8-6-12(15)2)9-13-4-5-14(18)10-16(13)19/h4-6,8,10-11,17,21H,3,7,9H2,1-2H3. The van der Waals surface area contributed by atoms with Crippen LogP contribution >= 0.6 is 15.9 Å². The molecule has 1 aromatic carbocycles. The Hall–Kier alpha value is -1.26. The molecule has 1 aromatic heterocycles. The summed E-state index contributed by atoms with van der Waals surface area (Å²) in [4.78, 5) is 4.21. The Bertz CT molecular complexity index is 601. The van der Waals surface area contributed by atoms with E-state index >= 15 is 0 Å². The summed E-state index contributed by atoms with van der Waals surface area (Å²) >= 11 is 3.30. The number of hydrogen-bond acceptors (Lipinski definition) is 2. The van der Waals surface area contributed by atoms with Crippen molar-refractivity contribution < 1.29 is 4.39 Å². The van der Waals surface area contributed by atoms with Crippen molar-refractivity contribution in [3.8, 4) is 0 Å². The molecule has 112 valence electrons. The minimum atomic E-state index is -0.172. The van der Waals surface area contributed by atoms with Crippen LogP contribution in [0.3, 0.4) is 0 Å². The van der Waals surface area contributed by atoms with Crippen molar-refractivity contribution in [1.82, 2.24) is 10.3 Å². The molecule has 0 saturated heterocycles. The summed E-state index contributed by atoms with van der Waals surface area (Å²) in [5, 5.41) is 3.50. The maximum absolute atomic E-state index is 14.1. The highest BCUT2D eigenvalue weighted by Gasteiger charge is 2.16. The van der Waals surface area contributed by atoms with Crippen LogP contribution in [-0.2, 0) is 6.42 Å². The van der Waals surface area contributed by atoms with Crippen molar-refractivity contribution in [3.63, 3.8) is 0 Å². The lowest BCUT2D eigenvalue weighted by molar-refractivity contribution is 0.510. The van der Waals surface area contributed by atoms with E-state index in [9.17, 15) is 4.39 Å². The molecule has 0 saturated carbocycles. The molecule has 0 fully saturated rings. The van der Waals surface area contributed by atoms with Gasteiger partial charge in [-0.25, -0.2) is 4.39 Å². The number of halogens is 2. The number of rotatable bonds is 6. The first-order chi connectivity index (χ1) is 10.1. The molecule has 0 aliphatic carbocycles. The number of nitrogens with one attached hydrogen (secondary N) is 1. The predicted molar refractivity (Wildman–Crippen MR) is 87.8 cm³/mol. The molecular weight excluding hydrogens is 331 g/mol. The van der Waals surface area contributed by atoms with Crippen LogP contribution in [0.2, 0.25) is 0 Å². The first kappa shape index (κ1) is 16.1. The summed E-state index contributed by atoms with van der Waals surface area (Å²) in [6.07, 6.45) is 5.32. The fraction of sp³-hybridized carbons (Fsp3) is 0.353. The molecule has 4 heteroatoms. The van der Waals surface area contributed by atoms with Crippen LogP contribution in [0.25, 0.3) is 0 Å². The van der Waals surface area contributed by atoms with Gasteiger partial charge in [-0.3, -0.25) is 4.98 Å². The highest BCUT2D eigenvalue weighted by molar-refractivity contribution is 9.10. The van der Waals surface area contributed by atoms with Crippen molar-refractivity contribution in [1.29, 1.82) is 0 Å². The van der Waals surface area contributed by atoms with E-state index in [0.717, 1.165) is 28.6 Å². The van der Waals surface area contributed by atoms with Gasteiger partial charge < -0.3 is 5.32 Å². The monoisotopic (exact) mass is 350 g/mol. The van der Waals surface area contributed by atoms with Gasteiger partial charge in [0.1, 0.15) is 5.82 Å². The van der Waals surface area contributed by atoms with E-state index in [-0.39, 0.29) is 11.9 Å². The third kappa shape index (κ3) is 4.35. The van der Waals surface area contributed by atoms with Gasteiger partial charge in [0.05, 0.1) is 0 Å². The molecule has 0 spiro atoms. The summed E-state index contributed by atoms with van der Waals surface area (Å²) in [7, 11) is 0. The second-order valence-corrected chi connectivity index (χ2v) is 6.09. The first-order valence-corrected chi connectivity index (χ1v) is 7.99. The van der Waals surface area contributed by atoms with E-state index in [1.54, 1.807) is 6.20 Å². The second kappa shape index (κ2) is 7.66. The molecule has 0 radical (unpaired) electrons. The molecule has 2 nitrogen and oxygen atoms in total. The number of nitrogens with zero attached hydrogens (tertiary/aromatic N) is 1. The summed E-state index contributed by atoms with van der Waals surface area (Å²) in [5.74, 6) is -0.172. The van der Waals surface area contributed by atoms with Gasteiger partial charge in [0, 0.05) is 22.9 Å². The molecule has 0 bridgehead atoms. The molecule has 0 aliphatic heterocycles. The lowest BCUT2D eigenvalue weighted by Crippen LogP contribution is -2.25. The quantitative estimate of drug-likeness (QED) is 0.824. The molecule has 2 aromatic rings. The molecule has 1 heterocycles. The molecule has 0 aliphatic rings. The van der Waals surface area contributed by atoms with Gasteiger partial charge in [0.25, 0.3) is 0 Å². The summed E-state index contributed by atoms with van der Waals surface area (Å²) in [6.45, 7) is 5.09. The fourth-order valence-corrected chi connectivity index (χ4v) is 2.69. The maximum atomic E-state index is 14.1. The zero-order valence-electron chi connectivity index (χ0n) is 12.4. The summed E-state index contributed by atoms with van der Waals surface area (Å²) in [6, 6.07) is 7.31. The van der Waals surface area contributed by atoms with Crippen molar-refractivity contribution in [2.24, 2.45) is 0 Å². The third-order valence-corrected chi connectivity index (χ3v) is 4.03. The first-order valence-electron chi connectivity index (χ1n) is 7.19. The van der Waals surface area contributed by atoms with Crippen LogP contribution in [0, 0.1) is 12.7 Å². The van der Waals surface area contributed by atoms with E-state index in [1.807, 2.05) is 24.4 Å². The minimum Gasteiger partial charge on any atom is -0.310 e. The van der Waals surface area contributed by atoms with Gasteiger partial charge in [0.15, 0.2) is 0 Å². The van der Waals surface area contributed by atoms with E-state index in [2.05, 4.69) is 40.1 Å². The Labute approximate surface area is 133 Å². The third-order valence-electron chi connectivity index (χ3n) is 3.53. The molecule has 2 rings (SSSR count). The second-order valence-electron chi connectivity index (χ2n) is 5.18. The molecule has 1 N–H and O–H groups in total. The van der Waals surface area contributed by atoms with E-state index in [1.165, 1.54) is 11.6 Å². The zero-order valence-corrected chi connectivity index (χ0v) is 14.0. The molecule has 21 heavy (non-hydrogen) atoms. The van der Waals surface area contributed by atoms with Crippen LogP contribution in [-0.4, -0.2) is 11.5 Å². The van der Waals surface area contributed by atoms with Crippen LogP contribution in [0.1, 0.15) is 36.1 Å². The number of hydrogen-bond donors (Lipinski definition) is 1. The Balaban J connectivity index is 2.26. The van der Waals surface area contributed by atoms with Crippen LogP contribution in [0.15, 0.2) is 41.1 Å². The van der Waals surface area contributed by atoms with Gasteiger partial charge in [-0.1, -0.05) is 28.9 Å². The van der Waals surface area contributed by atoms with Crippen molar-refractivity contribution in [2.75, 3.05) is 6.54 Å². The number of pyridine rings is 1. The average molecular weight is 351 g/mol. The van der Waals surface area contributed by atoms with Crippen molar-refractivity contribution in [3.05, 3.63) is 63.6 Å². The topological polar surface area (TPSA) is 24.9 Å². The van der Waals surface area contributed by atoms with E-state index < -0.39 is 0 Å². The van der Waals surface area contributed by atoms with Crippen LogP contribution < -0.4 is 5.32 Å². The normalized spacial score (nSPS) is 12.4. The van der Waals surface area contributed by atoms with Crippen molar-refractivity contribution >= 4 is 15.9 Å². The Morgan fingerprint density at radius 2 is 2.14 bits per heavy atom. The molecule has 0 amide bonds. The van der Waals surface area contributed by atoms with Crippen LogP contribution in [0.4, 0.5) is 4.39 Å². The lowest BCUT2D eigenvalue weighted by atomic mass is 9.96. The molecule has 1 unspecified atom stereocenters. The van der Waals surface area contributed by atoms with Gasteiger partial charge in [-0.2, -0.15) is 0 Å². The number of benzene rings is 1. The Morgan fingerprint density at radius 1 is 1.33 bits per heavy atom. The smallest absolute Gasteiger partial charge is 0.127 e. The van der Waals surface area contributed by atoms with E-state index in [0.29, 0.717) is 6.42 Å². The number of aromatic nitrogens is 1. The predicted octanol–water partition coefficient (Wildman–Crippen LogP) is 4.58. The largest absolute Gasteiger partial charge is 0.310 e. The molecular formula is C17H20BrFN2. The van der Waals surface area contributed by atoms with Crippen LogP contribution in [0.5, 0.6) is 0 Å². The maximum Gasteiger partial charge on any atom is 0.127 e. The summed E-state index contributed by atoms with van der Waals surface area (Å²) in [5.41, 5.74) is 3.03. The van der Waals surface area contributed by atoms with Gasteiger partial charge in [-0.15, -0.1) is 0 Å². The average Bonchev–Trinajstić information content (AvgIpc) is 2.46. The highest BCUT2D eigenvalue weighted by Crippen LogP contribution is 2.24. The highest BCUT2D eigenvalue weighted by atomic mass is 79.9. The summed E-state index contributed by atoms with van der Waals surface area (Å²) < 4.78 is 14.8. The Morgan fingerprint density at radius 3 is 2.81 bits per heavy atom. The van der Waals surface area contributed by atoms with Gasteiger partial charge in [-0.05, 0) is 61.2 Å². The van der Waals surface area contributed by atoms with Gasteiger partial charge >= 0.3 is 0 Å². The van der Waals surface area contributed by atoms with E-state index in [4.69, 9.17) is 0 Å². The molecule has 1 atom stereocenters.